The van der Waals surface area contributed by atoms with Gasteiger partial charge in [0.05, 0.1) is 12.4 Å². The standard InChI is InChI=1S/C11H16N4O3/c1-6(2)13-10(16)7(3)14-9-5-12-4-8(15-9)11(17)18/h4-7H,1-3H3,(H,13,16)(H,14,15)(H,17,18). The molecule has 1 atom stereocenters. The van der Waals surface area contributed by atoms with Crippen LogP contribution in [0.25, 0.3) is 0 Å². The van der Waals surface area contributed by atoms with Gasteiger partial charge in [-0.2, -0.15) is 0 Å². The van der Waals surface area contributed by atoms with Crippen molar-refractivity contribution in [1.82, 2.24) is 15.3 Å². The Balaban J connectivity index is 2.69. The van der Waals surface area contributed by atoms with Crippen molar-refractivity contribution >= 4 is 17.7 Å². The lowest BCUT2D eigenvalue weighted by Crippen LogP contribution is -2.41. The molecule has 18 heavy (non-hydrogen) atoms. The number of aromatic nitrogens is 2. The third-order valence-electron chi connectivity index (χ3n) is 2.04. The highest BCUT2D eigenvalue weighted by molar-refractivity contribution is 5.86. The van der Waals surface area contributed by atoms with Crippen LogP contribution in [0.1, 0.15) is 31.3 Å². The van der Waals surface area contributed by atoms with Gasteiger partial charge in [0.2, 0.25) is 5.91 Å². The third-order valence-corrected chi connectivity index (χ3v) is 2.04. The van der Waals surface area contributed by atoms with E-state index in [9.17, 15) is 9.59 Å². The van der Waals surface area contributed by atoms with Crippen molar-refractivity contribution in [2.24, 2.45) is 0 Å². The molecule has 98 valence electrons. The molecule has 0 radical (unpaired) electrons. The van der Waals surface area contributed by atoms with E-state index >= 15 is 0 Å². The van der Waals surface area contributed by atoms with E-state index in [1.165, 1.54) is 6.20 Å². The van der Waals surface area contributed by atoms with Crippen LogP contribution in [0.15, 0.2) is 12.4 Å². The molecule has 0 aliphatic rings. The average Bonchev–Trinajstić information content (AvgIpc) is 2.28. The first-order chi connectivity index (χ1) is 8.40. The number of nitrogens with one attached hydrogen (secondary N) is 2. The lowest BCUT2D eigenvalue weighted by Gasteiger charge is -2.16. The van der Waals surface area contributed by atoms with E-state index < -0.39 is 12.0 Å². The summed E-state index contributed by atoms with van der Waals surface area (Å²) in [7, 11) is 0. The molecular formula is C11H16N4O3. The monoisotopic (exact) mass is 252 g/mol. The normalized spacial score (nSPS) is 12.0. The lowest BCUT2D eigenvalue weighted by atomic mass is 10.3. The van der Waals surface area contributed by atoms with Crippen molar-refractivity contribution in [1.29, 1.82) is 0 Å². The minimum absolute atomic E-state index is 0.0400. The fourth-order valence-electron chi connectivity index (χ4n) is 1.24. The number of nitrogens with zero attached hydrogens (tertiary/aromatic N) is 2. The van der Waals surface area contributed by atoms with E-state index in [0.29, 0.717) is 0 Å². The second-order valence-electron chi connectivity index (χ2n) is 4.12. The third kappa shape index (κ3) is 4.00. The Morgan fingerprint density at radius 1 is 1.28 bits per heavy atom. The number of anilines is 1. The van der Waals surface area contributed by atoms with Crippen LogP contribution >= 0.6 is 0 Å². The van der Waals surface area contributed by atoms with Crippen LogP contribution in [0.4, 0.5) is 5.82 Å². The highest BCUT2D eigenvalue weighted by Crippen LogP contribution is 2.04. The summed E-state index contributed by atoms with van der Waals surface area (Å²) < 4.78 is 0. The van der Waals surface area contributed by atoms with Crippen LogP contribution in [0.3, 0.4) is 0 Å². The summed E-state index contributed by atoms with van der Waals surface area (Å²) in [6, 6.07) is -0.482. The van der Waals surface area contributed by atoms with Gasteiger partial charge in [-0.25, -0.2) is 9.78 Å². The second kappa shape index (κ2) is 5.95. The summed E-state index contributed by atoms with van der Waals surface area (Å²) in [5, 5.41) is 14.3. The van der Waals surface area contributed by atoms with E-state index in [-0.39, 0.29) is 23.5 Å². The molecule has 0 aliphatic heterocycles. The maximum absolute atomic E-state index is 11.6. The zero-order chi connectivity index (χ0) is 13.7. The van der Waals surface area contributed by atoms with Gasteiger partial charge < -0.3 is 15.7 Å². The van der Waals surface area contributed by atoms with Crippen LogP contribution in [0.2, 0.25) is 0 Å². The van der Waals surface area contributed by atoms with Gasteiger partial charge in [0, 0.05) is 6.04 Å². The fourth-order valence-corrected chi connectivity index (χ4v) is 1.24. The molecule has 0 saturated heterocycles. The molecule has 0 spiro atoms. The van der Waals surface area contributed by atoms with Gasteiger partial charge >= 0.3 is 5.97 Å². The average molecular weight is 252 g/mol. The lowest BCUT2D eigenvalue weighted by molar-refractivity contribution is -0.122. The maximum Gasteiger partial charge on any atom is 0.356 e. The number of amides is 1. The van der Waals surface area contributed by atoms with Gasteiger partial charge in [0.15, 0.2) is 5.69 Å². The van der Waals surface area contributed by atoms with Gasteiger partial charge in [-0.1, -0.05) is 0 Å². The first-order valence-corrected chi connectivity index (χ1v) is 5.52. The molecule has 1 rings (SSSR count). The van der Waals surface area contributed by atoms with Crippen LogP contribution in [0, 0.1) is 0 Å². The SMILES string of the molecule is CC(C)NC(=O)C(C)Nc1cncc(C(=O)O)n1. The van der Waals surface area contributed by atoms with Gasteiger partial charge in [-0.3, -0.25) is 9.78 Å². The number of carbonyl (C=O) groups is 2. The minimum atomic E-state index is -1.16. The Labute approximate surface area is 105 Å². The van der Waals surface area contributed by atoms with Crippen molar-refractivity contribution in [3.63, 3.8) is 0 Å². The molecule has 0 saturated carbocycles. The predicted octanol–water partition coefficient (Wildman–Crippen LogP) is 0.500. The van der Waals surface area contributed by atoms with Crippen LogP contribution < -0.4 is 10.6 Å². The van der Waals surface area contributed by atoms with E-state index in [1.54, 1.807) is 6.92 Å². The van der Waals surface area contributed by atoms with Crippen LogP contribution in [-0.2, 0) is 4.79 Å². The van der Waals surface area contributed by atoms with E-state index in [0.717, 1.165) is 6.20 Å². The first-order valence-electron chi connectivity index (χ1n) is 5.52. The number of rotatable bonds is 5. The molecule has 1 amide bonds. The van der Waals surface area contributed by atoms with Crippen molar-refractivity contribution in [3.8, 4) is 0 Å². The second-order valence-corrected chi connectivity index (χ2v) is 4.12. The van der Waals surface area contributed by atoms with Crippen LogP contribution in [0.5, 0.6) is 0 Å². The molecule has 3 N–H and O–H groups in total. The minimum Gasteiger partial charge on any atom is -0.476 e. The summed E-state index contributed by atoms with van der Waals surface area (Å²) in [5.41, 5.74) is -0.170. The molecule has 0 aliphatic carbocycles. The van der Waals surface area contributed by atoms with Gasteiger partial charge in [0.25, 0.3) is 0 Å². The Kier molecular flexibility index (Phi) is 4.59. The molecule has 0 fully saturated rings. The largest absolute Gasteiger partial charge is 0.476 e. The summed E-state index contributed by atoms with van der Waals surface area (Å²) in [4.78, 5) is 29.9. The first kappa shape index (κ1) is 13.9. The number of carboxylic acids is 1. The summed E-state index contributed by atoms with van der Waals surface area (Å²) >= 11 is 0. The quantitative estimate of drug-likeness (QED) is 0.705. The zero-order valence-corrected chi connectivity index (χ0v) is 10.5. The summed E-state index contributed by atoms with van der Waals surface area (Å²) in [6.07, 6.45) is 2.51. The summed E-state index contributed by atoms with van der Waals surface area (Å²) in [5.74, 6) is -1.10. The number of hydrogen-bond acceptors (Lipinski definition) is 5. The predicted molar refractivity (Wildman–Crippen MR) is 65.4 cm³/mol. The molecular weight excluding hydrogens is 236 g/mol. The Morgan fingerprint density at radius 3 is 2.50 bits per heavy atom. The Hall–Kier alpha value is -2.18. The van der Waals surface area contributed by atoms with Gasteiger partial charge in [0.1, 0.15) is 11.9 Å². The highest BCUT2D eigenvalue weighted by Gasteiger charge is 2.14. The van der Waals surface area contributed by atoms with Crippen molar-refractivity contribution in [2.75, 3.05) is 5.32 Å². The van der Waals surface area contributed by atoms with E-state index in [1.807, 2.05) is 13.8 Å². The van der Waals surface area contributed by atoms with E-state index in [4.69, 9.17) is 5.11 Å². The van der Waals surface area contributed by atoms with Crippen molar-refractivity contribution in [3.05, 3.63) is 18.1 Å². The van der Waals surface area contributed by atoms with Crippen LogP contribution in [-0.4, -0.2) is 39.0 Å². The molecule has 1 heterocycles. The topological polar surface area (TPSA) is 104 Å². The summed E-state index contributed by atoms with van der Waals surface area (Å²) in [6.45, 7) is 5.37. The smallest absolute Gasteiger partial charge is 0.356 e. The maximum atomic E-state index is 11.6. The Morgan fingerprint density at radius 2 is 1.94 bits per heavy atom. The molecule has 1 aromatic rings. The highest BCUT2D eigenvalue weighted by atomic mass is 16.4. The van der Waals surface area contributed by atoms with Gasteiger partial charge in [-0.05, 0) is 20.8 Å². The zero-order valence-electron chi connectivity index (χ0n) is 10.5. The molecule has 0 aromatic carbocycles. The molecule has 1 unspecified atom stereocenters. The molecule has 0 bridgehead atoms. The van der Waals surface area contributed by atoms with Gasteiger partial charge in [-0.15, -0.1) is 0 Å². The Bertz CT molecular complexity index is 448. The fraction of sp³-hybridized carbons (Fsp3) is 0.455. The number of aromatic carboxylic acids is 1. The molecule has 1 aromatic heterocycles. The van der Waals surface area contributed by atoms with Crippen molar-refractivity contribution < 1.29 is 14.7 Å². The molecule has 7 heteroatoms. The van der Waals surface area contributed by atoms with E-state index in [2.05, 4.69) is 20.6 Å². The number of hydrogen-bond donors (Lipinski definition) is 3. The number of carbonyl (C=O) groups excluding carboxylic acids is 1. The van der Waals surface area contributed by atoms with Crippen molar-refractivity contribution in [2.45, 2.75) is 32.9 Å². The number of carboxylic acid groups (broad SMARTS) is 1. The molecule has 7 nitrogen and oxygen atoms in total.